The molecule has 0 aliphatic carbocycles. The van der Waals surface area contributed by atoms with Gasteiger partial charge in [-0.15, -0.1) is 0 Å². The molecule has 1 aromatic rings. The van der Waals surface area contributed by atoms with Gasteiger partial charge < -0.3 is 10.1 Å². The molecule has 1 unspecified atom stereocenters. The van der Waals surface area contributed by atoms with Gasteiger partial charge in [-0.2, -0.15) is 13.2 Å². The van der Waals surface area contributed by atoms with Crippen molar-refractivity contribution in [3.05, 3.63) is 29.3 Å². The Morgan fingerprint density at radius 3 is 2.52 bits per heavy atom. The highest BCUT2D eigenvalue weighted by Crippen LogP contribution is 2.42. The topological polar surface area (TPSA) is 38.3 Å². The number of carbonyl (C=O) groups excluding carboxylic acids is 1. The first-order valence-electron chi connectivity index (χ1n) is 6.76. The Balaban J connectivity index is 2.39. The molecule has 3 nitrogen and oxygen atoms in total. The molecular weight excluding hydrogens is 283 g/mol. The van der Waals surface area contributed by atoms with E-state index in [-0.39, 0.29) is 5.69 Å². The summed E-state index contributed by atoms with van der Waals surface area (Å²) in [5, 5.41) is 2.76. The standard InChI is InChI=1S/C15H18F3NO2/c1-14(2,3)21-13(20)10-7-8-19-12-9(10)5-4-6-11(12)15(16,17)18/h4-6,10,19H,7-8H2,1-3H3. The quantitative estimate of drug-likeness (QED) is 0.798. The van der Waals surface area contributed by atoms with Crippen LogP contribution in [0.5, 0.6) is 0 Å². The Kier molecular flexibility index (Phi) is 3.91. The Labute approximate surface area is 121 Å². The van der Waals surface area contributed by atoms with E-state index in [0.717, 1.165) is 6.07 Å². The monoisotopic (exact) mass is 301 g/mol. The molecule has 1 aromatic carbocycles. The molecule has 6 heteroatoms. The average Bonchev–Trinajstić information content (AvgIpc) is 2.34. The molecular formula is C15H18F3NO2. The Bertz CT molecular complexity index is 547. The second-order valence-electron chi connectivity index (χ2n) is 6.07. The molecule has 1 atom stereocenters. The van der Waals surface area contributed by atoms with Crippen molar-refractivity contribution < 1.29 is 22.7 Å². The van der Waals surface area contributed by atoms with Crippen LogP contribution in [0.2, 0.25) is 0 Å². The SMILES string of the molecule is CC(C)(C)OC(=O)C1CCNc2c1cccc2C(F)(F)F. The Hall–Kier alpha value is -1.72. The summed E-state index contributed by atoms with van der Waals surface area (Å²) in [6.45, 7) is 5.51. The molecule has 0 saturated carbocycles. The van der Waals surface area contributed by atoms with Gasteiger partial charge in [0, 0.05) is 6.54 Å². The molecule has 1 N–H and O–H groups in total. The lowest BCUT2D eigenvalue weighted by Crippen LogP contribution is -2.31. The van der Waals surface area contributed by atoms with E-state index in [2.05, 4.69) is 5.32 Å². The van der Waals surface area contributed by atoms with Gasteiger partial charge in [0.25, 0.3) is 0 Å². The summed E-state index contributed by atoms with van der Waals surface area (Å²) in [6.07, 6.45) is -4.03. The van der Waals surface area contributed by atoms with E-state index in [1.165, 1.54) is 6.07 Å². The van der Waals surface area contributed by atoms with Crippen molar-refractivity contribution in [1.29, 1.82) is 0 Å². The van der Waals surface area contributed by atoms with Crippen LogP contribution in [0.4, 0.5) is 18.9 Å². The first-order valence-corrected chi connectivity index (χ1v) is 6.76. The summed E-state index contributed by atoms with van der Waals surface area (Å²) in [7, 11) is 0. The van der Waals surface area contributed by atoms with Crippen LogP contribution in [0.1, 0.15) is 44.2 Å². The van der Waals surface area contributed by atoms with Gasteiger partial charge in [0.2, 0.25) is 0 Å². The van der Waals surface area contributed by atoms with Crippen LogP contribution in [0.15, 0.2) is 18.2 Å². The van der Waals surface area contributed by atoms with E-state index >= 15 is 0 Å². The number of fused-ring (bicyclic) bond motifs is 1. The molecule has 1 aliphatic heterocycles. The summed E-state index contributed by atoms with van der Waals surface area (Å²) in [6, 6.07) is 3.89. The van der Waals surface area contributed by atoms with Crippen molar-refractivity contribution in [2.45, 2.75) is 44.9 Å². The number of hydrogen-bond donors (Lipinski definition) is 1. The van der Waals surface area contributed by atoms with E-state index in [1.54, 1.807) is 26.8 Å². The van der Waals surface area contributed by atoms with Crippen molar-refractivity contribution in [2.24, 2.45) is 0 Å². The third-order valence-corrected chi connectivity index (χ3v) is 3.20. The van der Waals surface area contributed by atoms with E-state index in [1.807, 2.05) is 0 Å². The van der Waals surface area contributed by atoms with E-state index in [4.69, 9.17) is 4.74 Å². The third-order valence-electron chi connectivity index (χ3n) is 3.20. The lowest BCUT2D eigenvalue weighted by atomic mass is 9.88. The fraction of sp³-hybridized carbons (Fsp3) is 0.533. The van der Waals surface area contributed by atoms with Gasteiger partial charge >= 0.3 is 12.1 Å². The van der Waals surface area contributed by atoms with Crippen molar-refractivity contribution in [2.75, 3.05) is 11.9 Å². The number of nitrogens with one attached hydrogen (secondary N) is 1. The highest BCUT2D eigenvalue weighted by Gasteiger charge is 2.38. The molecule has 2 rings (SSSR count). The van der Waals surface area contributed by atoms with Crippen LogP contribution >= 0.6 is 0 Å². The lowest BCUT2D eigenvalue weighted by Gasteiger charge is -2.30. The van der Waals surface area contributed by atoms with Crippen molar-refractivity contribution >= 4 is 11.7 Å². The maximum Gasteiger partial charge on any atom is 0.418 e. The number of para-hydroxylation sites is 1. The van der Waals surface area contributed by atoms with Crippen LogP contribution in [0.25, 0.3) is 0 Å². The maximum absolute atomic E-state index is 13.0. The first-order chi connectivity index (χ1) is 9.59. The van der Waals surface area contributed by atoms with E-state index in [9.17, 15) is 18.0 Å². The zero-order valence-corrected chi connectivity index (χ0v) is 12.2. The highest BCUT2D eigenvalue weighted by molar-refractivity contribution is 5.82. The van der Waals surface area contributed by atoms with Crippen molar-refractivity contribution in [3.8, 4) is 0 Å². The lowest BCUT2D eigenvalue weighted by molar-refractivity contribution is -0.157. The summed E-state index contributed by atoms with van der Waals surface area (Å²) in [4.78, 5) is 12.2. The fourth-order valence-electron chi connectivity index (χ4n) is 2.41. The minimum atomic E-state index is -4.45. The second-order valence-corrected chi connectivity index (χ2v) is 6.07. The number of benzene rings is 1. The molecule has 116 valence electrons. The molecule has 0 bridgehead atoms. The molecule has 0 fully saturated rings. The highest BCUT2D eigenvalue weighted by atomic mass is 19.4. The smallest absolute Gasteiger partial charge is 0.418 e. The van der Waals surface area contributed by atoms with Crippen molar-refractivity contribution in [3.63, 3.8) is 0 Å². The number of alkyl halides is 3. The van der Waals surface area contributed by atoms with Crippen LogP contribution < -0.4 is 5.32 Å². The molecule has 1 aliphatic rings. The predicted octanol–water partition coefficient (Wildman–Crippen LogP) is 3.95. The van der Waals surface area contributed by atoms with Crippen LogP contribution in [-0.4, -0.2) is 18.1 Å². The van der Waals surface area contributed by atoms with Gasteiger partial charge in [0.15, 0.2) is 0 Å². The molecule has 0 amide bonds. The maximum atomic E-state index is 13.0. The zero-order valence-electron chi connectivity index (χ0n) is 12.2. The number of halogens is 3. The van der Waals surface area contributed by atoms with Crippen LogP contribution in [-0.2, 0) is 15.7 Å². The fourth-order valence-corrected chi connectivity index (χ4v) is 2.41. The molecule has 1 heterocycles. The largest absolute Gasteiger partial charge is 0.459 e. The predicted molar refractivity (Wildman–Crippen MR) is 73.1 cm³/mol. The Morgan fingerprint density at radius 1 is 1.29 bits per heavy atom. The Morgan fingerprint density at radius 2 is 1.95 bits per heavy atom. The number of ether oxygens (including phenoxy) is 1. The summed E-state index contributed by atoms with van der Waals surface area (Å²) >= 11 is 0. The van der Waals surface area contributed by atoms with E-state index < -0.39 is 29.2 Å². The molecule has 0 radical (unpaired) electrons. The molecule has 0 spiro atoms. The molecule has 21 heavy (non-hydrogen) atoms. The summed E-state index contributed by atoms with van der Waals surface area (Å²) < 4.78 is 44.4. The number of rotatable bonds is 1. The zero-order chi connectivity index (χ0) is 15.8. The van der Waals surface area contributed by atoms with Crippen LogP contribution in [0, 0.1) is 0 Å². The average molecular weight is 301 g/mol. The van der Waals surface area contributed by atoms with Crippen molar-refractivity contribution in [1.82, 2.24) is 0 Å². The van der Waals surface area contributed by atoms with Gasteiger partial charge in [-0.1, -0.05) is 12.1 Å². The normalized spacial score (nSPS) is 18.7. The van der Waals surface area contributed by atoms with Crippen LogP contribution in [0.3, 0.4) is 0 Å². The number of carbonyl (C=O) groups is 1. The summed E-state index contributed by atoms with van der Waals surface area (Å²) in [5.74, 6) is -1.15. The van der Waals surface area contributed by atoms with E-state index in [0.29, 0.717) is 18.5 Å². The van der Waals surface area contributed by atoms with Gasteiger partial charge in [0.05, 0.1) is 17.2 Å². The van der Waals surface area contributed by atoms with Gasteiger partial charge in [-0.25, -0.2) is 0 Å². The number of anilines is 1. The minimum Gasteiger partial charge on any atom is -0.459 e. The van der Waals surface area contributed by atoms with Gasteiger partial charge in [0.1, 0.15) is 5.60 Å². The van der Waals surface area contributed by atoms with Gasteiger partial charge in [-0.3, -0.25) is 4.79 Å². The molecule has 0 saturated heterocycles. The molecule has 0 aromatic heterocycles. The first kappa shape index (κ1) is 15.7. The number of esters is 1. The third kappa shape index (κ3) is 3.49. The number of hydrogen-bond acceptors (Lipinski definition) is 3. The summed E-state index contributed by atoms with van der Waals surface area (Å²) in [5.41, 5.74) is -1.06. The van der Waals surface area contributed by atoms with Gasteiger partial charge in [-0.05, 0) is 38.8 Å². The second kappa shape index (κ2) is 5.24. The minimum absolute atomic E-state index is 0.00731.